The Morgan fingerprint density at radius 2 is 0.479 bits per heavy atom. The van der Waals surface area contributed by atoms with Gasteiger partial charge in [-0.05, 0) is 11.1 Å². The van der Waals surface area contributed by atoms with Crippen molar-refractivity contribution in [2.45, 2.75) is 18.5 Å². The van der Waals surface area contributed by atoms with Gasteiger partial charge in [0.25, 0.3) is 0 Å². The number of benzene rings is 6. The summed E-state index contributed by atoms with van der Waals surface area (Å²) in [5, 5.41) is 0. The quantitative estimate of drug-likeness (QED) is 0.0849. The third-order valence-corrected chi connectivity index (χ3v) is 10.7. The minimum atomic E-state index is -8.27. The van der Waals surface area contributed by atoms with E-state index in [0.29, 0.717) is 12.1 Å². The minimum absolute atomic E-state index is 0.115. The van der Waals surface area contributed by atoms with E-state index < -0.39 is 202 Å². The highest BCUT2D eigenvalue weighted by atomic mass is 19.4. The van der Waals surface area contributed by atoms with Gasteiger partial charge in [-0.15, -0.1) is 21.9 Å². The van der Waals surface area contributed by atoms with Crippen molar-refractivity contribution in [3.63, 3.8) is 0 Å². The fourth-order valence-corrected chi connectivity index (χ4v) is 7.84. The molecule has 0 amide bonds. The summed E-state index contributed by atoms with van der Waals surface area (Å²) in [6.45, 7) is 3.30. The summed E-state index contributed by atoms with van der Waals surface area (Å²) in [6.07, 6.45) is -28.0. The molecule has 71 heavy (non-hydrogen) atoms. The van der Waals surface area contributed by atoms with Gasteiger partial charge in [0.2, 0.25) is 0 Å². The molecule has 0 heterocycles. The zero-order valence-electron chi connectivity index (χ0n) is 32.6. The maximum atomic E-state index is 17.0. The summed E-state index contributed by atoms with van der Waals surface area (Å²) in [6, 6.07) is 3.19. The van der Waals surface area contributed by atoms with E-state index in [-0.39, 0.29) is 5.56 Å². The lowest BCUT2D eigenvalue weighted by Crippen LogP contribution is -2.81. The Hall–Kier alpha value is -6.91. The molecule has 0 radical (unpaired) electrons. The van der Waals surface area contributed by atoms with E-state index in [1.807, 2.05) is 0 Å². The van der Waals surface area contributed by atoms with Crippen LogP contribution in [0.1, 0.15) is 22.3 Å². The van der Waals surface area contributed by atoms with Gasteiger partial charge in [-0.25, -0.2) is 87.8 Å². The highest BCUT2D eigenvalue weighted by Crippen LogP contribution is 2.44. The molecule has 0 saturated carbocycles. The molecule has 6 aromatic carbocycles. The van der Waals surface area contributed by atoms with Crippen LogP contribution in [0, 0.1) is 116 Å². The lowest BCUT2D eigenvalue weighted by atomic mass is 9.12. The van der Waals surface area contributed by atoms with E-state index in [0.717, 1.165) is 18.2 Å². The summed E-state index contributed by atoms with van der Waals surface area (Å²) >= 11 is 0. The Labute approximate surface area is 371 Å². The van der Waals surface area contributed by atoms with Crippen LogP contribution >= 0.6 is 0 Å². The Morgan fingerprint density at radius 1 is 0.282 bits per heavy atom. The van der Waals surface area contributed by atoms with Crippen molar-refractivity contribution in [2.24, 2.45) is 0 Å². The van der Waals surface area contributed by atoms with Gasteiger partial charge < -0.3 is 0 Å². The molecular formula is C41H7BF29-. The van der Waals surface area contributed by atoms with Crippen molar-refractivity contribution < 1.29 is 127 Å². The Bertz CT molecular complexity index is 2930. The van der Waals surface area contributed by atoms with Crippen molar-refractivity contribution >= 4 is 34.1 Å². The molecule has 0 bridgehead atoms. The molecule has 6 rings (SSSR count). The van der Waals surface area contributed by atoms with Crippen LogP contribution in [0.25, 0.3) is 28.3 Å². The lowest BCUT2D eigenvalue weighted by Gasteiger charge is -2.45. The van der Waals surface area contributed by atoms with E-state index >= 15 is 87.8 Å². The largest absolute Gasteiger partial charge is 0.422 e. The van der Waals surface area contributed by atoms with Crippen LogP contribution in [0.2, 0.25) is 0 Å². The fraction of sp³-hybridized carbons (Fsp3) is 0.0732. The monoisotopic (exact) mass is 1060 g/mol. The summed E-state index contributed by atoms with van der Waals surface area (Å²) in [7, 11) is 0. The van der Waals surface area contributed by atoms with Gasteiger partial charge in [-0.3, -0.25) is 0 Å². The van der Waals surface area contributed by atoms with Gasteiger partial charge in [0.1, 0.15) is 69.4 Å². The first-order chi connectivity index (χ1) is 32.5. The Balaban J connectivity index is 2.04. The molecule has 0 unspecified atom stereocenters. The number of hydrogen-bond acceptors (Lipinski definition) is 0. The molecule has 0 atom stereocenters. The van der Waals surface area contributed by atoms with E-state index in [1.165, 1.54) is 0 Å². The zero-order chi connectivity index (χ0) is 54.0. The molecule has 0 aliphatic rings. The van der Waals surface area contributed by atoms with Crippen LogP contribution < -0.4 is 21.9 Å². The van der Waals surface area contributed by atoms with E-state index in [9.17, 15) is 39.5 Å². The second-order valence-corrected chi connectivity index (χ2v) is 14.4. The standard InChI is InChI=1S/C41H7BF29/c1-2-7-3-5-8(6-4-7)9-19(43)21(45)10(22(46)20(9)44)11-23(47)31(55)15(32(56)24(11)48)42(16-33(57)25(49)12(39(63,64)65)26(50)34(16)58,17-35(59)27(51)13(40(66,67)68)28(52)36(17)60)18-37(61)29(53)14(41(69,70)71)30(54)38(18)62/h2-6H,1H2/q-1. The molecule has 0 fully saturated rings. The van der Waals surface area contributed by atoms with Gasteiger partial charge in [-0.2, -0.15) is 39.5 Å². The van der Waals surface area contributed by atoms with Crippen LogP contribution in [0.4, 0.5) is 127 Å². The summed E-state index contributed by atoms with van der Waals surface area (Å²) in [4.78, 5) is 0. The number of halogens is 29. The summed E-state index contributed by atoms with van der Waals surface area (Å²) in [5.74, 6) is -81.5. The van der Waals surface area contributed by atoms with Crippen LogP contribution in [-0.4, -0.2) is 6.15 Å². The lowest BCUT2D eigenvalue weighted by molar-refractivity contribution is -0.144. The number of alkyl halides is 9. The molecule has 0 aliphatic carbocycles. The van der Waals surface area contributed by atoms with Gasteiger partial charge in [0, 0.05) is 0 Å². The molecule has 0 aliphatic heterocycles. The first kappa shape index (κ1) is 53.4. The zero-order valence-corrected chi connectivity index (χ0v) is 32.6. The third kappa shape index (κ3) is 7.68. The Morgan fingerprint density at radius 3 is 0.690 bits per heavy atom. The number of rotatable bonds is 7. The molecule has 0 nitrogen and oxygen atoms in total. The van der Waals surface area contributed by atoms with Gasteiger partial charge in [0.15, 0.2) is 69.8 Å². The number of hydrogen-bond donors (Lipinski definition) is 0. The van der Waals surface area contributed by atoms with Gasteiger partial charge in [0.05, 0.1) is 16.7 Å². The smallest absolute Gasteiger partial charge is 0.207 e. The molecule has 0 saturated heterocycles. The van der Waals surface area contributed by atoms with Crippen molar-refractivity contribution in [3.8, 4) is 22.3 Å². The predicted octanol–water partition coefficient (Wildman–Crippen LogP) is 12.9. The van der Waals surface area contributed by atoms with Crippen LogP contribution in [0.5, 0.6) is 0 Å². The Kier molecular flexibility index (Phi) is 13.1. The first-order valence-corrected chi connectivity index (χ1v) is 17.9. The third-order valence-electron chi connectivity index (χ3n) is 10.7. The minimum Gasteiger partial charge on any atom is -0.207 e. The van der Waals surface area contributed by atoms with Crippen LogP contribution in [-0.2, 0) is 18.5 Å². The molecule has 6 aromatic rings. The van der Waals surface area contributed by atoms with Crippen molar-refractivity contribution in [3.05, 3.63) is 169 Å². The highest BCUT2D eigenvalue weighted by Gasteiger charge is 2.56. The second-order valence-electron chi connectivity index (χ2n) is 14.4. The van der Waals surface area contributed by atoms with E-state index in [2.05, 4.69) is 6.58 Å². The molecule has 0 N–H and O–H groups in total. The highest BCUT2D eigenvalue weighted by molar-refractivity contribution is 7.20. The summed E-state index contributed by atoms with van der Waals surface area (Å²) < 4.78 is 445. The maximum absolute atomic E-state index is 17.0. The van der Waals surface area contributed by atoms with Gasteiger partial charge >= 0.3 is 18.5 Å². The van der Waals surface area contributed by atoms with Crippen LogP contribution in [0.15, 0.2) is 30.8 Å². The predicted molar refractivity (Wildman–Crippen MR) is 185 cm³/mol. The first-order valence-electron chi connectivity index (χ1n) is 17.9. The fourth-order valence-electron chi connectivity index (χ4n) is 7.84. The molecule has 0 aromatic heterocycles. The van der Waals surface area contributed by atoms with Crippen molar-refractivity contribution in [1.82, 2.24) is 0 Å². The van der Waals surface area contributed by atoms with Crippen LogP contribution in [0.3, 0.4) is 0 Å². The topological polar surface area (TPSA) is 0 Å². The SMILES string of the molecule is C=Cc1ccc(-c2c(F)c(F)c(-c3c(F)c(F)c([B-](c4c(F)c(F)c(C(F)(F)F)c(F)c4F)(c4c(F)c(F)c(C(F)(F)F)c(F)c4F)c4c(F)c(F)c(C(F)(F)F)c(F)c4F)c(F)c3F)c(F)c2F)cc1. The second kappa shape index (κ2) is 17.4. The molecule has 0 spiro atoms. The average Bonchev–Trinajstić information content (AvgIpc) is 3.26. The maximum Gasteiger partial charge on any atom is 0.422 e. The molecule has 378 valence electrons. The van der Waals surface area contributed by atoms with Crippen molar-refractivity contribution in [2.75, 3.05) is 0 Å². The molecular weight excluding hydrogens is 1050 g/mol. The van der Waals surface area contributed by atoms with E-state index in [1.54, 1.807) is 0 Å². The molecule has 30 heteroatoms. The van der Waals surface area contributed by atoms with Crippen molar-refractivity contribution in [1.29, 1.82) is 0 Å². The van der Waals surface area contributed by atoms with Gasteiger partial charge in [-0.1, -0.05) is 36.9 Å². The normalized spacial score (nSPS) is 12.6. The average molecular weight is 1060 g/mol. The summed E-state index contributed by atoms with van der Waals surface area (Å²) in [5.41, 5.74) is -38.5. The van der Waals surface area contributed by atoms with E-state index in [4.69, 9.17) is 0 Å².